The number of ether oxygens (including phenoxy) is 1. The first-order chi connectivity index (χ1) is 11.5. The molecular weight excluding hydrogens is 302 g/mol. The number of nitrogens with two attached hydrogens (primary N) is 1. The molecule has 5 heteroatoms. The molecule has 5 nitrogen and oxygen atoms in total. The van der Waals surface area contributed by atoms with Crippen LogP contribution in [0.25, 0.3) is 0 Å². The molecule has 1 aromatic carbocycles. The van der Waals surface area contributed by atoms with Crippen molar-refractivity contribution in [2.75, 3.05) is 13.1 Å². The third-order valence-electron chi connectivity index (χ3n) is 5.72. The van der Waals surface area contributed by atoms with E-state index in [1.54, 1.807) is 4.90 Å². The average molecular weight is 331 g/mol. The van der Waals surface area contributed by atoms with Gasteiger partial charge in [-0.1, -0.05) is 44.2 Å². The van der Waals surface area contributed by atoms with E-state index in [9.17, 15) is 4.79 Å². The highest BCUT2D eigenvalue weighted by Gasteiger charge is 2.49. The lowest BCUT2D eigenvalue weighted by Gasteiger charge is -2.53. The molecular formula is C19H29N3O2. The van der Waals surface area contributed by atoms with Crippen molar-refractivity contribution in [1.29, 1.82) is 0 Å². The van der Waals surface area contributed by atoms with E-state index in [1.807, 2.05) is 18.2 Å². The van der Waals surface area contributed by atoms with Gasteiger partial charge in [-0.3, -0.25) is 0 Å². The van der Waals surface area contributed by atoms with E-state index in [2.05, 4.69) is 31.3 Å². The molecule has 24 heavy (non-hydrogen) atoms. The number of rotatable bonds is 5. The lowest BCUT2D eigenvalue weighted by Crippen LogP contribution is -2.63. The van der Waals surface area contributed by atoms with Gasteiger partial charge in [0.2, 0.25) is 0 Å². The maximum Gasteiger partial charge on any atom is 0.314 e. The van der Waals surface area contributed by atoms with Crippen molar-refractivity contribution in [3.8, 4) is 0 Å². The van der Waals surface area contributed by atoms with Crippen molar-refractivity contribution in [3.63, 3.8) is 0 Å². The Hall–Kier alpha value is -1.59. The Balaban J connectivity index is 1.43. The minimum absolute atomic E-state index is 0.135. The van der Waals surface area contributed by atoms with Crippen molar-refractivity contribution in [2.45, 2.75) is 57.9 Å². The zero-order valence-corrected chi connectivity index (χ0v) is 14.7. The Morgan fingerprint density at radius 3 is 2.54 bits per heavy atom. The molecule has 3 N–H and O–H groups in total. The highest BCUT2D eigenvalue weighted by Crippen LogP contribution is 2.43. The summed E-state index contributed by atoms with van der Waals surface area (Å²) in [6.45, 7) is 6.76. The Morgan fingerprint density at radius 1 is 1.29 bits per heavy atom. The summed E-state index contributed by atoms with van der Waals surface area (Å²) in [6.07, 6.45) is 3.30. The molecule has 132 valence electrons. The number of hydrogen-bond donors (Lipinski definition) is 2. The van der Waals surface area contributed by atoms with Crippen LogP contribution in [0.4, 0.5) is 4.79 Å². The number of piperidine rings is 1. The van der Waals surface area contributed by atoms with E-state index < -0.39 is 0 Å². The van der Waals surface area contributed by atoms with Crippen LogP contribution in [0, 0.1) is 5.41 Å². The zero-order valence-electron chi connectivity index (χ0n) is 14.7. The third kappa shape index (κ3) is 3.73. The van der Waals surface area contributed by atoms with Crippen LogP contribution < -0.4 is 11.1 Å². The monoisotopic (exact) mass is 331 g/mol. The van der Waals surface area contributed by atoms with Crippen LogP contribution in [0.5, 0.6) is 0 Å². The van der Waals surface area contributed by atoms with E-state index in [4.69, 9.17) is 10.5 Å². The lowest BCUT2D eigenvalue weighted by molar-refractivity contribution is -0.127. The Bertz CT molecular complexity index is 553. The fourth-order valence-electron chi connectivity index (χ4n) is 3.77. The first kappa shape index (κ1) is 17.2. The van der Waals surface area contributed by atoms with Crippen LogP contribution in [0.3, 0.4) is 0 Å². The van der Waals surface area contributed by atoms with Gasteiger partial charge in [0.25, 0.3) is 0 Å². The number of carbonyl (C=O) groups excluding carboxylic acids is 1. The molecule has 1 saturated heterocycles. The molecule has 3 rings (SSSR count). The molecule has 2 amide bonds. The molecule has 2 fully saturated rings. The van der Waals surface area contributed by atoms with Crippen molar-refractivity contribution in [3.05, 3.63) is 35.9 Å². The van der Waals surface area contributed by atoms with Crippen molar-refractivity contribution in [1.82, 2.24) is 10.2 Å². The van der Waals surface area contributed by atoms with Crippen LogP contribution in [0.2, 0.25) is 0 Å². The number of primary amides is 1. The summed E-state index contributed by atoms with van der Waals surface area (Å²) in [6, 6.07) is 11.0. The van der Waals surface area contributed by atoms with Gasteiger partial charge in [-0.25, -0.2) is 4.79 Å². The summed E-state index contributed by atoms with van der Waals surface area (Å²) < 4.78 is 6.14. The second-order valence-electron chi connectivity index (χ2n) is 7.66. The van der Waals surface area contributed by atoms with Crippen molar-refractivity contribution < 1.29 is 9.53 Å². The fraction of sp³-hybridized carbons (Fsp3) is 0.632. The van der Waals surface area contributed by atoms with Crippen molar-refractivity contribution >= 4 is 6.03 Å². The summed E-state index contributed by atoms with van der Waals surface area (Å²) in [5.74, 6) is 0. The zero-order chi connectivity index (χ0) is 17.2. The number of nitrogens with one attached hydrogen (secondary N) is 1. The summed E-state index contributed by atoms with van der Waals surface area (Å²) in [5, 5.41) is 3.77. The number of benzene rings is 1. The van der Waals surface area contributed by atoms with Crippen LogP contribution in [0.1, 0.15) is 38.7 Å². The molecule has 0 spiro atoms. The number of likely N-dealkylation sites (tertiary alicyclic amines) is 1. The second-order valence-corrected chi connectivity index (χ2v) is 7.66. The molecule has 1 aliphatic heterocycles. The molecule has 1 heterocycles. The molecule has 0 aromatic heterocycles. The number of amides is 2. The summed E-state index contributed by atoms with van der Waals surface area (Å²) >= 11 is 0. The second kappa shape index (κ2) is 7.11. The molecule has 0 unspecified atom stereocenters. The number of carbonyl (C=O) groups is 1. The highest BCUT2D eigenvalue weighted by molar-refractivity contribution is 5.72. The van der Waals surface area contributed by atoms with Gasteiger partial charge in [-0.15, -0.1) is 0 Å². The summed E-state index contributed by atoms with van der Waals surface area (Å²) in [5.41, 5.74) is 6.70. The maximum atomic E-state index is 11.2. The lowest BCUT2D eigenvalue weighted by atomic mass is 9.64. The Labute approximate surface area is 144 Å². The quantitative estimate of drug-likeness (QED) is 0.871. The van der Waals surface area contributed by atoms with Crippen LogP contribution >= 0.6 is 0 Å². The SMILES string of the molecule is CC1(C)[C@H](NC2CCN(C(N)=O)CC2)C[C@H]1OCc1ccccc1. The standard InChI is InChI=1S/C19H29N3O2/c1-19(2)16(21-15-8-10-22(11-9-15)18(20)23)12-17(19)24-13-14-6-4-3-5-7-14/h3-7,15-17,21H,8-13H2,1-2H3,(H2,20,23)/t16-,17-/m1/s1. The third-order valence-corrected chi connectivity index (χ3v) is 5.72. The van der Waals surface area contributed by atoms with Gasteiger partial charge >= 0.3 is 6.03 Å². The number of hydrogen-bond acceptors (Lipinski definition) is 3. The summed E-state index contributed by atoms with van der Waals surface area (Å²) in [4.78, 5) is 12.9. The van der Waals surface area contributed by atoms with Crippen LogP contribution in [-0.4, -0.2) is 42.2 Å². The van der Waals surface area contributed by atoms with Gasteiger partial charge in [0.15, 0.2) is 0 Å². The van der Waals surface area contributed by atoms with Gasteiger partial charge in [-0.2, -0.15) is 0 Å². The minimum Gasteiger partial charge on any atom is -0.373 e. The normalized spacial score (nSPS) is 26.8. The van der Waals surface area contributed by atoms with Gasteiger partial charge < -0.3 is 20.7 Å². The van der Waals surface area contributed by atoms with Crippen LogP contribution in [0.15, 0.2) is 30.3 Å². The first-order valence-electron chi connectivity index (χ1n) is 8.93. The minimum atomic E-state index is -0.299. The van der Waals surface area contributed by atoms with E-state index in [0.29, 0.717) is 24.8 Å². The molecule has 0 radical (unpaired) electrons. The Kier molecular flexibility index (Phi) is 5.11. The number of urea groups is 1. The van der Waals surface area contributed by atoms with E-state index in [0.717, 1.165) is 32.4 Å². The van der Waals surface area contributed by atoms with Gasteiger partial charge in [-0.05, 0) is 24.8 Å². The molecule has 1 aliphatic carbocycles. The van der Waals surface area contributed by atoms with E-state index in [-0.39, 0.29) is 11.4 Å². The van der Waals surface area contributed by atoms with Gasteiger partial charge in [0.05, 0.1) is 12.7 Å². The van der Waals surface area contributed by atoms with E-state index in [1.165, 1.54) is 5.56 Å². The summed E-state index contributed by atoms with van der Waals surface area (Å²) in [7, 11) is 0. The topological polar surface area (TPSA) is 67.6 Å². The van der Waals surface area contributed by atoms with Gasteiger partial charge in [0, 0.05) is 30.6 Å². The maximum absolute atomic E-state index is 11.2. The molecule has 2 atom stereocenters. The first-order valence-corrected chi connectivity index (χ1v) is 8.93. The largest absolute Gasteiger partial charge is 0.373 e. The molecule has 1 saturated carbocycles. The predicted octanol–water partition coefficient (Wildman–Crippen LogP) is 2.50. The highest BCUT2D eigenvalue weighted by atomic mass is 16.5. The molecule has 2 aliphatic rings. The van der Waals surface area contributed by atoms with Gasteiger partial charge in [0.1, 0.15) is 0 Å². The Morgan fingerprint density at radius 2 is 1.96 bits per heavy atom. The number of nitrogens with zero attached hydrogens (tertiary/aromatic N) is 1. The van der Waals surface area contributed by atoms with E-state index >= 15 is 0 Å². The van der Waals surface area contributed by atoms with Crippen molar-refractivity contribution in [2.24, 2.45) is 11.1 Å². The molecule has 0 bridgehead atoms. The molecule has 1 aromatic rings. The fourth-order valence-corrected chi connectivity index (χ4v) is 3.77. The predicted molar refractivity (Wildman–Crippen MR) is 94.5 cm³/mol. The van der Waals surface area contributed by atoms with Crippen LogP contribution in [-0.2, 0) is 11.3 Å². The average Bonchev–Trinajstić information content (AvgIpc) is 2.58. The smallest absolute Gasteiger partial charge is 0.314 e.